The molecule has 0 amide bonds. The zero-order valence-corrected chi connectivity index (χ0v) is 22.6. The molecule has 2 N–H and O–H groups in total. The second-order valence-electron chi connectivity index (χ2n) is 9.92. The van der Waals surface area contributed by atoms with Crippen molar-refractivity contribution >= 4 is 26.8 Å². The Bertz CT molecular complexity index is 1570. The van der Waals surface area contributed by atoms with Crippen LogP contribution in [0.25, 0.3) is 10.8 Å². The molecule has 0 bridgehead atoms. The van der Waals surface area contributed by atoms with Crippen molar-refractivity contribution in [2.45, 2.75) is 43.6 Å². The van der Waals surface area contributed by atoms with Crippen LogP contribution in [-0.2, 0) is 30.9 Å². The fourth-order valence-corrected chi connectivity index (χ4v) is 6.07. The first-order chi connectivity index (χ1) is 18.7. The SMILES string of the molecule is Cc1ccc(S(=O)(=O)N[C@@H]2c3cccc4cccc(c34)[C@@H]2OC(=O)[C@H](C)[C@@H](O)COCc2ccccc2)cc1. The van der Waals surface area contributed by atoms with Crippen molar-refractivity contribution in [1.29, 1.82) is 0 Å². The molecule has 0 heterocycles. The van der Waals surface area contributed by atoms with Gasteiger partial charge in [-0.05, 0) is 47.9 Å². The van der Waals surface area contributed by atoms with E-state index in [9.17, 15) is 18.3 Å². The Hall–Kier alpha value is -3.56. The van der Waals surface area contributed by atoms with E-state index in [1.807, 2.05) is 73.7 Å². The summed E-state index contributed by atoms with van der Waals surface area (Å²) in [6.45, 7) is 3.72. The third kappa shape index (κ3) is 5.74. The molecule has 0 saturated carbocycles. The summed E-state index contributed by atoms with van der Waals surface area (Å²) in [5, 5.41) is 12.4. The van der Waals surface area contributed by atoms with Crippen LogP contribution >= 0.6 is 0 Å². The minimum absolute atomic E-state index is 0.0465. The zero-order chi connectivity index (χ0) is 27.6. The van der Waals surface area contributed by atoms with Crippen LogP contribution in [-0.4, -0.2) is 32.2 Å². The van der Waals surface area contributed by atoms with E-state index in [1.54, 1.807) is 31.2 Å². The molecule has 4 aromatic carbocycles. The van der Waals surface area contributed by atoms with Gasteiger partial charge in [0.1, 0.15) is 6.10 Å². The van der Waals surface area contributed by atoms with Gasteiger partial charge < -0.3 is 14.6 Å². The second-order valence-corrected chi connectivity index (χ2v) is 11.6. The fraction of sp³-hybridized carbons (Fsp3) is 0.258. The highest BCUT2D eigenvalue weighted by molar-refractivity contribution is 7.89. The molecule has 202 valence electrons. The van der Waals surface area contributed by atoms with Crippen LogP contribution in [0.5, 0.6) is 0 Å². The molecule has 7 nitrogen and oxygen atoms in total. The average molecular weight is 546 g/mol. The molecule has 0 unspecified atom stereocenters. The van der Waals surface area contributed by atoms with E-state index >= 15 is 0 Å². The van der Waals surface area contributed by atoms with E-state index in [1.165, 1.54) is 0 Å². The number of rotatable bonds is 10. The first-order valence-corrected chi connectivity index (χ1v) is 14.3. The summed E-state index contributed by atoms with van der Waals surface area (Å²) >= 11 is 0. The van der Waals surface area contributed by atoms with Gasteiger partial charge in [0, 0.05) is 5.56 Å². The van der Waals surface area contributed by atoms with Crippen molar-refractivity contribution < 1.29 is 27.8 Å². The van der Waals surface area contributed by atoms with Crippen molar-refractivity contribution in [2.75, 3.05) is 6.61 Å². The molecule has 8 heteroatoms. The highest BCUT2D eigenvalue weighted by Crippen LogP contribution is 2.47. The van der Waals surface area contributed by atoms with Crippen molar-refractivity contribution in [3.05, 3.63) is 113 Å². The summed E-state index contributed by atoms with van der Waals surface area (Å²) in [7, 11) is -3.93. The highest BCUT2D eigenvalue weighted by Gasteiger charge is 2.41. The maximum atomic E-state index is 13.4. The lowest BCUT2D eigenvalue weighted by molar-refractivity contribution is -0.160. The van der Waals surface area contributed by atoms with Crippen molar-refractivity contribution in [3.8, 4) is 0 Å². The van der Waals surface area contributed by atoms with Gasteiger partial charge in [-0.25, -0.2) is 8.42 Å². The Morgan fingerprint density at radius 3 is 2.28 bits per heavy atom. The maximum absolute atomic E-state index is 13.4. The Balaban J connectivity index is 1.36. The van der Waals surface area contributed by atoms with Crippen molar-refractivity contribution in [3.63, 3.8) is 0 Å². The summed E-state index contributed by atoms with van der Waals surface area (Å²) in [5.74, 6) is -1.53. The largest absolute Gasteiger partial charge is 0.455 e. The molecule has 4 aromatic rings. The number of esters is 1. The predicted molar refractivity (Wildman–Crippen MR) is 148 cm³/mol. The molecular weight excluding hydrogens is 514 g/mol. The van der Waals surface area contributed by atoms with Gasteiger partial charge in [-0.1, -0.05) is 84.4 Å². The monoisotopic (exact) mass is 545 g/mol. The topological polar surface area (TPSA) is 102 Å². The summed E-state index contributed by atoms with van der Waals surface area (Å²) < 4.78 is 41.1. The lowest BCUT2D eigenvalue weighted by Gasteiger charge is -2.26. The molecule has 4 atom stereocenters. The van der Waals surface area contributed by atoms with Gasteiger partial charge in [-0.2, -0.15) is 4.72 Å². The summed E-state index contributed by atoms with van der Waals surface area (Å²) in [5.41, 5.74) is 3.35. The van der Waals surface area contributed by atoms with Gasteiger partial charge in [-0.3, -0.25) is 4.79 Å². The molecule has 5 rings (SSSR count). The van der Waals surface area contributed by atoms with E-state index in [2.05, 4.69) is 4.72 Å². The number of nitrogens with one attached hydrogen (secondary N) is 1. The molecule has 0 saturated heterocycles. The molecule has 0 spiro atoms. The molecule has 1 aliphatic rings. The highest BCUT2D eigenvalue weighted by atomic mass is 32.2. The van der Waals surface area contributed by atoms with E-state index < -0.39 is 40.2 Å². The van der Waals surface area contributed by atoms with Crippen LogP contribution in [0, 0.1) is 12.8 Å². The number of aryl methyl sites for hydroxylation is 1. The molecule has 39 heavy (non-hydrogen) atoms. The fourth-order valence-electron chi connectivity index (χ4n) is 4.85. The normalized spacial score (nSPS) is 18.1. The van der Waals surface area contributed by atoms with E-state index in [4.69, 9.17) is 9.47 Å². The Labute approximate surface area is 228 Å². The minimum Gasteiger partial charge on any atom is -0.455 e. The average Bonchev–Trinajstić information content (AvgIpc) is 3.22. The number of ether oxygens (including phenoxy) is 2. The number of sulfonamides is 1. The smallest absolute Gasteiger partial charge is 0.312 e. The number of benzene rings is 4. The molecule has 0 aromatic heterocycles. The molecule has 0 radical (unpaired) electrons. The van der Waals surface area contributed by atoms with Gasteiger partial charge in [0.15, 0.2) is 0 Å². The first-order valence-electron chi connectivity index (χ1n) is 12.9. The molecule has 0 fully saturated rings. The lowest BCUT2D eigenvalue weighted by Crippen LogP contribution is -2.35. The maximum Gasteiger partial charge on any atom is 0.312 e. The number of hydrogen-bond acceptors (Lipinski definition) is 6. The van der Waals surface area contributed by atoms with E-state index in [0.29, 0.717) is 6.61 Å². The number of carbonyl (C=O) groups is 1. The number of hydrogen-bond donors (Lipinski definition) is 2. The Kier molecular flexibility index (Phi) is 7.81. The van der Waals surface area contributed by atoms with E-state index in [-0.39, 0.29) is 11.5 Å². The number of aliphatic hydroxyl groups is 1. The zero-order valence-electron chi connectivity index (χ0n) is 21.8. The molecule has 0 aliphatic heterocycles. The molecular formula is C31H31NO6S. The van der Waals surface area contributed by atoms with Crippen LogP contribution in [0.4, 0.5) is 0 Å². The van der Waals surface area contributed by atoms with Crippen LogP contribution < -0.4 is 4.72 Å². The Morgan fingerprint density at radius 2 is 1.59 bits per heavy atom. The van der Waals surface area contributed by atoms with Gasteiger partial charge in [-0.15, -0.1) is 0 Å². The van der Waals surface area contributed by atoms with Crippen LogP contribution in [0.15, 0.2) is 95.9 Å². The quantitative estimate of drug-likeness (QED) is 0.273. The third-order valence-corrected chi connectivity index (χ3v) is 8.58. The summed E-state index contributed by atoms with van der Waals surface area (Å²) in [4.78, 5) is 13.4. The summed E-state index contributed by atoms with van der Waals surface area (Å²) in [6, 6.07) is 26.6. The first kappa shape index (κ1) is 27.0. The molecule has 1 aliphatic carbocycles. The summed E-state index contributed by atoms with van der Waals surface area (Å²) in [6.07, 6.45) is -2.00. The lowest BCUT2D eigenvalue weighted by atomic mass is 10.0. The standard InChI is InChI=1S/C31H31NO6S/c1-20-14-16-24(17-15-20)39(35,36)32-29-25-12-6-10-23-11-7-13-26(28(23)25)30(29)38-31(34)21(2)27(33)19-37-18-22-8-4-3-5-9-22/h3-17,21,27,29-30,32-33H,18-19H2,1-2H3/t21-,27+,29-,30+/m1/s1. The van der Waals surface area contributed by atoms with Gasteiger partial charge in [0.05, 0.1) is 36.2 Å². The van der Waals surface area contributed by atoms with E-state index in [0.717, 1.165) is 33.0 Å². The predicted octanol–water partition coefficient (Wildman–Crippen LogP) is 4.98. The minimum atomic E-state index is -3.93. The van der Waals surface area contributed by atoms with Crippen molar-refractivity contribution in [2.24, 2.45) is 5.92 Å². The second kappa shape index (κ2) is 11.3. The van der Waals surface area contributed by atoms with Gasteiger partial charge >= 0.3 is 5.97 Å². The van der Waals surface area contributed by atoms with Crippen LogP contribution in [0.3, 0.4) is 0 Å². The van der Waals surface area contributed by atoms with Crippen molar-refractivity contribution in [1.82, 2.24) is 4.72 Å². The Morgan fingerprint density at radius 1 is 0.923 bits per heavy atom. The third-order valence-electron chi connectivity index (χ3n) is 7.12. The van der Waals surface area contributed by atoms with Crippen LogP contribution in [0.2, 0.25) is 0 Å². The van der Waals surface area contributed by atoms with Crippen LogP contribution in [0.1, 0.15) is 41.3 Å². The van der Waals surface area contributed by atoms with Gasteiger partial charge in [0.2, 0.25) is 10.0 Å². The number of carbonyl (C=O) groups excluding carboxylic acids is 1. The number of aliphatic hydroxyl groups excluding tert-OH is 1. The van der Waals surface area contributed by atoms with Gasteiger partial charge in [0.25, 0.3) is 0 Å².